The second kappa shape index (κ2) is 6.03. The number of ether oxygens (including phenoxy) is 1. The summed E-state index contributed by atoms with van der Waals surface area (Å²) >= 11 is 0. The van der Waals surface area contributed by atoms with Crippen molar-refractivity contribution >= 4 is 11.8 Å². The third-order valence-corrected chi connectivity index (χ3v) is 2.05. The molecule has 1 heterocycles. The minimum atomic E-state index is -1.44. The highest BCUT2D eigenvalue weighted by Gasteiger charge is 2.49. The van der Waals surface area contributed by atoms with Crippen LogP contribution < -0.4 is 0 Å². The molecule has 8 heteroatoms. The fraction of sp³-hybridized carbons (Fsp3) is 0.778. The van der Waals surface area contributed by atoms with Crippen molar-refractivity contribution in [1.29, 1.82) is 0 Å². The maximum atomic E-state index is 11.3. The third kappa shape index (κ3) is 3.45. The highest BCUT2D eigenvalue weighted by molar-refractivity contribution is 6.37. The highest BCUT2D eigenvalue weighted by Crippen LogP contribution is 2.19. The first-order valence-electron chi connectivity index (χ1n) is 4.97. The summed E-state index contributed by atoms with van der Waals surface area (Å²) < 4.78 is 4.53. The Hall–Kier alpha value is -1.06. The number of carbonyl (C=O) groups is 2. The molecule has 1 saturated heterocycles. The van der Waals surface area contributed by atoms with Crippen LogP contribution in [0, 0.1) is 0 Å². The average Bonchev–Trinajstić information content (AvgIpc) is 2.55. The molecule has 8 nitrogen and oxygen atoms in total. The lowest BCUT2D eigenvalue weighted by molar-refractivity contribution is -0.334. The summed E-state index contributed by atoms with van der Waals surface area (Å²) in [6.45, 7) is 0.531. The standard InChI is InChI=1S/C9H14O8/c1-4(11)3-15-17-8-6(13)9(14)16-7(8)5(12)2-10/h4-5,7-8,10-12H,2-3H2,1H3/t4?,5-,7+,8?/m0/s1. The summed E-state index contributed by atoms with van der Waals surface area (Å²) in [6.07, 6.45) is -5.01. The van der Waals surface area contributed by atoms with Gasteiger partial charge in [-0.1, -0.05) is 0 Å². The minimum absolute atomic E-state index is 0.208. The van der Waals surface area contributed by atoms with Gasteiger partial charge in [-0.25, -0.2) is 14.6 Å². The minimum Gasteiger partial charge on any atom is -0.450 e. The number of rotatable bonds is 6. The summed E-state index contributed by atoms with van der Waals surface area (Å²) in [7, 11) is 0. The molecule has 1 aliphatic heterocycles. The molecule has 0 radical (unpaired) electrons. The van der Waals surface area contributed by atoms with Gasteiger partial charge in [-0.05, 0) is 6.92 Å². The molecule has 0 aromatic heterocycles. The first-order chi connectivity index (χ1) is 7.97. The number of Topliss-reactive ketones (excluding diaryl/α,β-unsaturated/α-hetero) is 1. The molecular weight excluding hydrogens is 236 g/mol. The van der Waals surface area contributed by atoms with E-state index in [1.807, 2.05) is 0 Å². The van der Waals surface area contributed by atoms with Crippen LogP contribution in [0.1, 0.15) is 6.92 Å². The van der Waals surface area contributed by atoms with Crippen LogP contribution >= 0.6 is 0 Å². The Morgan fingerprint density at radius 2 is 2.06 bits per heavy atom. The largest absolute Gasteiger partial charge is 0.450 e. The Balaban J connectivity index is 2.58. The number of esters is 1. The molecule has 1 fully saturated rings. The smallest absolute Gasteiger partial charge is 0.378 e. The molecule has 0 aliphatic carbocycles. The van der Waals surface area contributed by atoms with Crippen LogP contribution in [0.5, 0.6) is 0 Å². The van der Waals surface area contributed by atoms with Gasteiger partial charge in [0.05, 0.1) is 12.7 Å². The number of aliphatic hydroxyl groups excluding tert-OH is 3. The van der Waals surface area contributed by atoms with Crippen LogP contribution in [0.3, 0.4) is 0 Å². The van der Waals surface area contributed by atoms with Crippen molar-refractivity contribution in [3.8, 4) is 0 Å². The lowest BCUT2D eigenvalue weighted by Crippen LogP contribution is -2.41. The van der Waals surface area contributed by atoms with E-state index < -0.39 is 42.8 Å². The van der Waals surface area contributed by atoms with Gasteiger partial charge in [-0.2, -0.15) is 0 Å². The molecule has 1 aliphatic rings. The van der Waals surface area contributed by atoms with E-state index in [0.717, 1.165) is 0 Å². The van der Waals surface area contributed by atoms with Gasteiger partial charge in [-0.3, -0.25) is 4.79 Å². The molecule has 0 amide bonds. The molecule has 0 aromatic carbocycles. The first kappa shape index (κ1) is 14.0. The Labute approximate surface area is 96.6 Å². The number of aliphatic hydroxyl groups is 3. The predicted octanol–water partition coefficient (Wildman–Crippen LogP) is -2.47. The molecule has 0 spiro atoms. The van der Waals surface area contributed by atoms with Gasteiger partial charge in [0.1, 0.15) is 12.7 Å². The van der Waals surface area contributed by atoms with Crippen LogP contribution in [0.15, 0.2) is 0 Å². The summed E-state index contributed by atoms with van der Waals surface area (Å²) in [5.74, 6) is -2.17. The van der Waals surface area contributed by atoms with Crippen LogP contribution in [-0.2, 0) is 24.1 Å². The number of cyclic esters (lactones) is 1. The van der Waals surface area contributed by atoms with E-state index in [2.05, 4.69) is 14.5 Å². The second-order valence-corrected chi connectivity index (χ2v) is 3.63. The average molecular weight is 250 g/mol. The van der Waals surface area contributed by atoms with E-state index in [1.165, 1.54) is 6.92 Å². The zero-order chi connectivity index (χ0) is 13.0. The summed E-state index contributed by atoms with van der Waals surface area (Å²) in [6, 6.07) is 0. The van der Waals surface area contributed by atoms with Crippen molar-refractivity contribution in [2.75, 3.05) is 13.2 Å². The lowest BCUT2D eigenvalue weighted by atomic mass is 10.1. The molecule has 2 unspecified atom stereocenters. The van der Waals surface area contributed by atoms with Gasteiger partial charge in [0, 0.05) is 0 Å². The van der Waals surface area contributed by atoms with Crippen molar-refractivity contribution < 1.29 is 39.4 Å². The number of hydrogen-bond donors (Lipinski definition) is 3. The van der Waals surface area contributed by atoms with Gasteiger partial charge in [0.25, 0.3) is 5.78 Å². The van der Waals surface area contributed by atoms with E-state index in [4.69, 9.17) is 10.2 Å². The number of hydrogen-bond acceptors (Lipinski definition) is 8. The first-order valence-corrected chi connectivity index (χ1v) is 4.97. The van der Waals surface area contributed by atoms with Crippen molar-refractivity contribution in [3.05, 3.63) is 0 Å². The highest BCUT2D eigenvalue weighted by atomic mass is 17.2. The molecule has 0 bridgehead atoms. The van der Waals surface area contributed by atoms with Crippen LogP contribution in [-0.4, -0.2) is 64.7 Å². The Morgan fingerprint density at radius 3 is 2.59 bits per heavy atom. The van der Waals surface area contributed by atoms with Gasteiger partial charge < -0.3 is 20.1 Å². The topological polar surface area (TPSA) is 123 Å². The molecule has 0 aromatic rings. The van der Waals surface area contributed by atoms with Gasteiger partial charge in [0.2, 0.25) is 6.10 Å². The van der Waals surface area contributed by atoms with Crippen molar-refractivity contribution in [2.45, 2.75) is 31.3 Å². The Morgan fingerprint density at radius 1 is 1.41 bits per heavy atom. The summed E-state index contributed by atoms with van der Waals surface area (Å²) in [4.78, 5) is 31.4. The zero-order valence-electron chi connectivity index (χ0n) is 9.11. The molecule has 0 saturated carbocycles. The van der Waals surface area contributed by atoms with Crippen molar-refractivity contribution in [2.24, 2.45) is 0 Å². The van der Waals surface area contributed by atoms with Crippen LogP contribution in [0.4, 0.5) is 0 Å². The van der Waals surface area contributed by atoms with E-state index in [1.54, 1.807) is 0 Å². The fourth-order valence-corrected chi connectivity index (χ4v) is 1.20. The van der Waals surface area contributed by atoms with E-state index in [9.17, 15) is 14.7 Å². The normalized spacial score (nSPS) is 28.0. The molecule has 17 heavy (non-hydrogen) atoms. The predicted molar refractivity (Wildman–Crippen MR) is 50.5 cm³/mol. The summed E-state index contributed by atoms with van der Waals surface area (Å²) in [5, 5.41) is 26.9. The monoisotopic (exact) mass is 250 g/mol. The Kier molecular flexibility index (Phi) is 4.97. The molecule has 3 N–H and O–H groups in total. The van der Waals surface area contributed by atoms with Crippen molar-refractivity contribution in [3.63, 3.8) is 0 Å². The summed E-state index contributed by atoms with van der Waals surface area (Å²) in [5.41, 5.74) is 0. The van der Waals surface area contributed by atoms with E-state index in [-0.39, 0.29) is 6.61 Å². The van der Waals surface area contributed by atoms with Crippen molar-refractivity contribution in [1.82, 2.24) is 0 Å². The van der Waals surface area contributed by atoms with E-state index >= 15 is 0 Å². The zero-order valence-corrected chi connectivity index (χ0v) is 9.11. The number of ketones is 1. The van der Waals surface area contributed by atoms with Gasteiger partial charge in [-0.15, -0.1) is 0 Å². The van der Waals surface area contributed by atoms with Gasteiger partial charge >= 0.3 is 5.97 Å². The SMILES string of the molecule is CC(O)COOC1C(=O)C(=O)O[C@@H]1[C@@H](O)CO. The van der Waals surface area contributed by atoms with Crippen LogP contribution in [0.25, 0.3) is 0 Å². The third-order valence-electron chi connectivity index (χ3n) is 2.05. The molecular formula is C9H14O8. The quantitative estimate of drug-likeness (QED) is 0.205. The molecule has 98 valence electrons. The van der Waals surface area contributed by atoms with Crippen LogP contribution in [0.2, 0.25) is 0 Å². The maximum Gasteiger partial charge on any atom is 0.378 e. The fourth-order valence-electron chi connectivity index (χ4n) is 1.20. The molecule has 1 rings (SSSR count). The molecule has 4 atom stereocenters. The van der Waals surface area contributed by atoms with Gasteiger partial charge in [0.15, 0.2) is 6.10 Å². The second-order valence-electron chi connectivity index (χ2n) is 3.63. The Bertz CT molecular complexity index is 289. The maximum absolute atomic E-state index is 11.3. The number of carbonyl (C=O) groups excluding carboxylic acids is 2. The lowest BCUT2D eigenvalue weighted by Gasteiger charge is -2.19. The van der Waals surface area contributed by atoms with E-state index in [0.29, 0.717) is 0 Å².